The predicted molar refractivity (Wildman–Crippen MR) is 93.6 cm³/mol. The summed E-state index contributed by atoms with van der Waals surface area (Å²) in [5.41, 5.74) is 0.368. The van der Waals surface area contributed by atoms with E-state index in [2.05, 4.69) is 46.6 Å². The van der Waals surface area contributed by atoms with Gasteiger partial charge in [0, 0.05) is 11.8 Å². The van der Waals surface area contributed by atoms with Crippen molar-refractivity contribution in [3.63, 3.8) is 0 Å². The molecule has 0 fully saturated rings. The average molecular weight is 482 g/mol. The molecule has 0 amide bonds. The second kappa shape index (κ2) is 7.82. The Balaban J connectivity index is 2.42. The van der Waals surface area contributed by atoms with Crippen molar-refractivity contribution in [1.82, 2.24) is 9.97 Å². The predicted octanol–water partition coefficient (Wildman–Crippen LogP) is 4.84. The summed E-state index contributed by atoms with van der Waals surface area (Å²) in [6.07, 6.45) is -3.03. The monoisotopic (exact) mass is 480 g/mol. The first-order chi connectivity index (χ1) is 11.6. The highest BCUT2D eigenvalue weighted by Crippen LogP contribution is 2.34. The van der Waals surface area contributed by atoms with Crippen LogP contribution in [0.2, 0.25) is 0 Å². The summed E-state index contributed by atoms with van der Waals surface area (Å²) in [6, 6.07) is 5.21. The topological polar surface area (TPSA) is 52.1 Å². The van der Waals surface area contributed by atoms with E-state index < -0.39 is 27.4 Å². The molecule has 2 aromatic rings. The number of methoxy groups -OCH3 is 1. The van der Waals surface area contributed by atoms with Crippen molar-refractivity contribution in [2.75, 3.05) is 7.11 Å². The number of carbonyl (C=O) groups excluding carboxylic acids is 1. The van der Waals surface area contributed by atoms with Crippen molar-refractivity contribution in [2.24, 2.45) is 0 Å². The van der Waals surface area contributed by atoms with E-state index >= 15 is 0 Å². The molecule has 0 radical (unpaired) electrons. The number of halogens is 5. The number of esters is 1. The minimum atomic E-state index is -4.46. The van der Waals surface area contributed by atoms with Gasteiger partial charge in [-0.1, -0.05) is 31.9 Å². The Hall–Kier alpha value is -1.48. The maximum atomic E-state index is 13.0. The summed E-state index contributed by atoms with van der Waals surface area (Å²) in [6.45, 7) is 1.57. The van der Waals surface area contributed by atoms with Gasteiger partial charge in [-0.25, -0.2) is 9.97 Å². The van der Waals surface area contributed by atoms with Crippen molar-refractivity contribution in [2.45, 2.75) is 22.8 Å². The van der Waals surface area contributed by atoms with Crippen molar-refractivity contribution in [3.8, 4) is 11.4 Å². The number of alkyl halides is 5. The van der Waals surface area contributed by atoms with E-state index in [9.17, 15) is 18.0 Å². The van der Waals surface area contributed by atoms with Crippen LogP contribution < -0.4 is 0 Å². The molecule has 25 heavy (non-hydrogen) atoms. The summed E-state index contributed by atoms with van der Waals surface area (Å²) in [7, 11) is 1.26. The molecule has 2 unspecified atom stereocenters. The van der Waals surface area contributed by atoms with Gasteiger partial charge in [-0.2, -0.15) is 13.2 Å². The minimum absolute atomic E-state index is 0.140. The van der Waals surface area contributed by atoms with Gasteiger partial charge in [0.2, 0.25) is 0 Å². The minimum Gasteiger partial charge on any atom is -0.468 e. The molecule has 1 aromatic heterocycles. The van der Waals surface area contributed by atoms with Crippen LogP contribution in [-0.4, -0.2) is 27.9 Å². The fourth-order valence-electron chi connectivity index (χ4n) is 2.12. The summed E-state index contributed by atoms with van der Waals surface area (Å²) in [4.78, 5) is 18.7. The highest BCUT2D eigenvalue weighted by atomic mass is 79.9. The average Bonchev–Trinajstić information content (AvgIpc) is 2.58. The smallest absolute Gasteiger partial charge is 0.416 e. The largest absolute Gasteiger partial charge is 0.468 e. The molecule has 0 bridgehead atoms. The molecular formula is C16H13Br2F3N2O2. The van der Waals surface area contributed by atoms with Gasteiger partial charge in [-0.3, -0.25) is 4.79 Å². The van der Waals surface area contributed by atoms with E-state index in [0.717, 1.165) is 12.1 Å². The summed E-state index contributed by atoms with van der Waals surface area (Å²) in [5.74, 6) is -0.363. The standard InChI is InChI=1S/C16H13Br2F3N2O2/c1-8-5-9(7-10(6-8)16(19,20)21)14-22-4-3-11(23-14)12(17)13(18)15(24)25-2/h3-7,12-13H,1-2H3. The summed E-state index contributed by atoms with van der Waals surface area (Å²) >= 11 is 6.55. The first-order valence-electron chi connectivity index (χ1n) is 7.01. The number of rotatable bonds is 4. The van der Waals surface area contributed by atoms with Gasteiger partial charge < -0.3 is 4.74 Å². The lowest BCUT2D eigenvalue weighted by Gasteiger charge is -2.15. The Morgan fingerprint density at radius 3 is 2.52 bits per heavy atom. The molecule has 0 saturated heterocycles. The Bertz CT molecular complexity index is 784. The maximum Gasteiger partial charge on any atom is 0.416 e. The Morgan fingerprint density at radius 1 is 1.24 bits per heavy atom. The van der Waals surface area contributed by atoms with Crippen molar-refractivity contribution < 1.29 is 22.7 Å². The van der Waals surface area contributed by atoms with Crippen LogP contribution in [0.4, 0.5) is 13.2 Å². The van der Waals surface area contributed by atoms with Gasteiger partial charge in [-0.05, 0) is 36.8 Å². The van der Waals surface area contributed by atoms with E-state index in [1.165, 1.54) is 13.3 Å². The first-order valence-corrected chi connectivity index (χ1v) is 8.84. The third-order valence-electron chi connectivity index (χ3n) is 3.31. The molecule has 1 heterocycles. The molecule has 0 saturated carbocycles. The molecule has 9 heteroatoms. The third-order valence-corrected chi connectivity index (χ3v) is 5.92. The van der Waals surface area contributed by atoms with Gasteiger partial charge in [0.25, 0.3) is 0 Å². The van der Waals surface area contributed by atoms with Crippen molar-refractivity contribution >= 4 is 37.8 Å². The Labute approximate surface area is 159 Å². The zero-order valence-corrected chi connectivity index (χ0v) is 16.3. The van der Waals surface area contributed by atoms with Crippen LogP contribution >= 0.6 is 31.9 Å². The lowest BCUT2D eigenvalue weighted by molar-refractivity contribution is -0.140. The molecule has 0 N–H and O–H groups in total. The third kappa shape index (κ3) is 4.78. The number of aromatic nitrogens is 2. The van der Waals surface area contributed by atoms with Crippen molar-refractivity contribution in [1.29, 1.82) is 0 Å². The highest BCUT2D eigenvalue weighted by Gasteiger charge is 2.31. The van der Waals surface area contributed by atoms with E-state index in [0.29, 0.717) is 11.3 Å². The molecule has 2 atom stereocenters. The molecule has 0 aliphatic heterocycles. The zero-order valence-electron chi connectivity index (χ0n) is 13.1. The summed E-state index contributed by atoms with van der Waals surface area (Å²) < 4.78 is 43.7. The van der Waals surface area contributed by atoms with Gasteiger partial charge >= 0.3 is 12.1 Å². The molecule has 0 spiro atoms. The van der Waals surface area contributed by atoms with Crippen LogP contribution in [0, 0.1) is 6.92 Å². The molecule has 4 nitrogen and oxygen atoms in total. The number of nitrogens with zero attached hydrogens (tertiary/aromatic N) is 2. The first kappa shape index (κ1) is 19.8. The fourth-order valence-corrected chi connectivity index (χ4v) is 3.05. The number of aryl methyl sites for hydroxylation is 1. The van der Waals surface area contributed by atoms with Crippen LogP contribution in [0.1, 0.15) is 21.6 Å². The van der Waals surface area contributed by atoms with Gasteiger partial charge in [0.1, 0.15) is 4.83 Å². The van der Waals surface area contributed by atoms with Gasteiger partial charge in [0.15, 0.2) is 5.82 Å². The number of hydrogen-bond donors (Lipinski definition) is 0. The van der Waals surface area contributed by atoms with Gasteiger partial charge in [-0.15, -0.1) is 0 Å². The fraction of sp³-hybridized carbons (Fsp3) is 0.312. The molecule has 0 aliphatic carbocycles. The maximum absolute atomic E-state index is 13.0. The van der Waals surface area contributed by atoms with E-state index in [1.807, 2.05) is 0 Å². The van der Waals surface area contributed by atoms with Crippen LogP contribution in [0.5, 0.6) is 0 Å². The second-order valence-corrected chi connectivity index (χ2v) is 7.19. The van der Waals surface area contributed by atoms with Crippen LogP contribution in [0.3, 0.4) is 0 Å². The van der Waals surface area contributed by atoms with Crippen LogP contribution in [0.15, 0.2) is 30.5 Å². The van der Waals surface area contributed by atoms with Crippen molar-refractivity contribution in [3.05, 3.63) is 47.3 Å². The van der Waals surface area contributed by atoms with E-state index in [4.69, 9.17) is 0 Å². The molecule has 1 aromatic carbocycles. The lowest BCUT2D eigenvalue weighted by Crippen LogP contribution is -2.21. The molecule has 134 valence electrons. The zero-order chi connectivity index (χ0) is 18.8. The lowest BCUT2D eigenvalue weighted by atomic mass is 10.1. The number of hydrogen-bond acceptors (Lipinski definition) is 4. The van der Waals surface area contributed by atoms with E-state index in [1.54, 1.807) is 19.1 Å². The quantitative estimate of drug-likeness (QED) is 0.463. The SMILES string of the molecule is COC(=O)C(Br)C(Br)c1ccnc(-c2cc(C)cc(C(F)(F)F)c2)n1. The normalized spacial score (nSPS) is 14.0. The van der Waals surface area contributed by atoms with E-state index in [-0.39, 0.29) is 11.4 Å². The number of benzene rings is 1. The Morgan fingerprint density at radius 2 is 1.92 bits per heavy atom. The molecule has 2 rings (SSSR count). The summed E-state index contributed by atoms with van der Waals surface area (Å²) in [5, 5.41) is 0. The van der Waals surface area contributed by atoms with Gasteiger partial charge in [0.05, 0.1) is 23.2 Å². The molecular weight excluding hydrogens is 469 g/mol. The molecule has 0 aliphatic rings. The number of ether oxygens (including phenoxy) is 1. The van der Waals surface area contributed by atoms with Crippen LogP contribution in [-0.2, 0) is 15.7 Å². The second-order valence-electron chi connectivity index (χ2n) is 5.22. The number of carbonyl (C=O) groups is 1. The highest BCUT2D eigenvalue weighted by molar-refractivity contribution is 9.12. The Kier molecular flexibility index (Phi) is 6.21. The van der Waals surface area contributed by atoms with Crippen LogP contribution in [0.25, 0.3) is 11.4 Å².